The molecule has 0 radical (unpaired) electrons. The van der Waals surface area contributed by atoms with Crippen molar-refractivity contribution < 1.29 is 19.9 Å². The zero-order valence-electron chi connectivity index (χ0n) is 20.8. The van der Waals surface area contributed by atoms with Crippen LogP contribution in [0.4, 0.5) is 11.5 Å². The molecule has 188 valence electrons. The van der Waals surface area contributed by atoms with Crippen molar-refractivity contribution >= 4 is 37.1 Å². The van der Waals surface area contributed by atoms with Gasteiger partial charge in [0.15, 0.2) is 17.0 Å². The summed E-state index contributed by atoms with van der Waals surface area (Å²) in [7, 11) is -1.29. The van der Waals surface area contributed by atoms with Crippen molar-refractivity contribution in [3.05, 3.63) is 78.4 Å². The van der Waals surface area contributed by atoms with Gasteiger partial charge in [0.05, 0.1) is 31.2 Å². The second-order valence-corrected chi connectivity index (χ2v) is 10.6. The minimum atomic E-state index is -1.29. The van der Waals surface area contributed by atoms with Crippen LogP contribution >= 0.6 is 8.53 Å². The summed E-state index contributed by atoms with van der Waals surface area (Å²) in [5, 5.41) is 2.83. The number of imidazole rings is 1. The highest BCUT2D eigenvalue weighted by molar-refractivity contribution is 7.49. The van der Waals surface area contributed by atoms with Gasteiger partial charge in [-0.25, -0.2) is 15.0 Å². The third-order valence-corrected chi connectivity index (χ3v) is 8.65. The molecule has 11 heteroatoms. The average molecular weight is 518 g/mol. The number of anilines is 2. The number of carbonyl (C=O) groups is 1. The van der Waals surface area contributed by atoms with Crippen LogP contribution in [0.25, 0.3) is 11.2 Å². The van der Waals surface area contributed by atoms with Gasteiger partial charge in [0.1, 0.15) is 12.6 Å². The Hall–Kier alpha value is -3.43. The molecule has 37 heavy (non-hydrogen) atoms. The molecular weight excluding hydrogens is 491 g/mol. The third kappa shape index (κ3) is 3.97. The molecule has 4 aromatic rings. The van der Waals surface area contributed by atoms with Crippen LogP contribution in [0, 0.1) is 0 Å². The summed E-state index contributed by atoms with van der Waals surface area (Å²) in [5.74, 6) is 0.0488. The van der Waals surface area contributed by atoms with E-state index in [1.807, 2.05) is 16.7 Å². The van der Waals surface area contributed by atoms with Crippen LogP contribution in [0.2, 0.25) is 0 Å². The van der Waals surface area contributed by atoms with E-state index in [-0.39, 0.29) is 25.0 Å². The van der Waals surface area contributed by atoms with E-state index in [1.54, 1.807) is 30.6 Å². The number of carbonyl (C=O) groups excluding carboxylic acids is 1. The summed E-state index contributed by atoms with van der Waals surface area (Å²) in [6.07, 6.45) is 3.35. The van der Waals surface area contributed by atoms with Gasteiger partial charge in [-0.15, -0.1) is 0 Å². The average Bonchev–Trinajstić information content (AvgIpc) is 3.72. The highest BCUT2D eigenvalue weighted by atomic mass is 31.2. The molecule has 3 aliphatic rings. The molecule has 2 saturated heterocycles. The second-order valence-electron chi connectivity index (χ2n) is 9.24. The number of hydrogen-bond acceptors (Lipinski definition) is 8. The first-order valence-electron chi connectivity index (χ1n) is 12.9. The number of nitrogens with one attached hydrogen (secondary N) is 1. The molecule has 10 nitrogen and oxygen atoms in total. The van der Waals surface area contributed by atoms with Crippen LogP contribution in [-0.2, 0) is 20.2 Å². The molecule has 2 aromatic carbocycles. The summed E-state index contributed by atoms with van der Waals surface area (Å²) in [5.41, 5.74) is 4.01. The summed E-state index contributed by atoms with van der Waals surface area (Å²) in [6, 6.07) is 17.6. The molecule has 3 unspecified atom stereocenters. The number of aromatic nitrogens is 4. The van der Waals surface area contributed by atoms with Crippen molar-refractivity contribution in [3.63, 3.8) is 0 Å². The lowest BCUT2D eigenvalue weighted by Gasteiger charge is -2.26. The van der Waals surface area contributed by atoms with Crippen LogP contribution in [-0.4, -0.2) is 50.3 Å². The number of amides is 1. The van der Waals surface area contributed by atoms with Gasteiger partial charge in [-0.1, -0.05) is 36.4 Å². The van der Waals surface area contributed by atoms with Gasteiger partial charge in [0.25, 0.3) is 14.4 Å². The maximum Gasteiger partial charge on any atom is 0.290 e. The lowest BCUT2D eigenvalue weighted by atomic mass is 10.1. The van der Waals surface area contributed by atoms with Crippen molar-refractivity contribution in [1.29, 1.82) is 0 Å². The predicted octanol–water partition coefficient (Wildman–Crippen LogP) is 4.46. The number of nitrogens with zero attached hydrogens (tertiary/aromatic N) is 5. The Kier molecular flexibility index (Phi) is 5.35. The molecule has 1 amide bonds. The molecule has 5 heterocycles. The number of hydrogen-bond donors (Lipinski definition) is 1. The number of ether oxygens (including phenoxy) is 1. The molecule has 2 aromatic heterocycles. The van der Waals surface area contributed by atoms with Crippen LogP contribution in [0.15, 0.2) is 67.3 Å². The molecule has 1 N–H and O–H groups in total. The summed E-state index contributed by atoms with van der Waals surface area (Å²) in [4.78, 5) is 25.8. The fraction of sp³-hybridized carbons (Fsp3) is 0.308. The molecule has 0 bridgehead atoms. The van der Waals surface area contributed by atoms with Gasteiger partial charge < -0.3 is 23.8 Å². The number of fused-ring (bicyclic) bond motifs is 4. The zero-order valence-corrected chi connectivity index (χ0v) is 20.7. The number of para-hydroxylation sites is 1. The first-order valence-corrected chi connectivity index (χ1v) is 13.3. The molecule has 2 fully saturated rings. The minimum Gasteiger partial charge on any atom is -0.352 e. The topological polar surface area (TPSA) is 104 Å². The lowest BCUT2D eigenvalue weighted by Crippen LogP contribution is -2.26. The standard InChI is InChI=1S/C26H25N6O4P/c1-16-21(36-37-32-19(13-34-37)11-18-9-5-6-10-20(18)32)12-22(35-16)31-15-29-23-24(27-14-28-25(23)31)30-26(33)17-7-3-2-4-8-17/h2-10,14-16,19,21-22H,11-13H2,1H3,(H,27,28,30,33)/t16?,19-,21?,22?,37+/m0/s1/i1D. The smallest absolute Gasteiger partial charge is 0.290 e. The highest BCUT2D eigenvalue weighted by Gasteiger charge is 2.46. The number of benzene rings is 2. The summed E-state index contributed by atoms with van der Waals surface area (Å²) >= 11 is 0. The monoisotopic (exact) mass is 517 g/mol. The van der Waals surface area contributed by atoms with E-state index in [1.165, 1.54) is 17.6 Å². The normalized spacial score (nSPS) is 26.8. The van der Waals surface area contributed by atoms with Crippen molar-refractivity contribution in [2.45, 2.75) is 44.2 Å². The van der Waals surface area contributed by atoms with Gasteiger partial charge in [0, 0.05) is 19.0 Å². The lowest BCUT2D eigenvalue weighted by molar-refractivity contribution is -0.00255. The van der Waals surface area contributed by atoms with E-state index < -0.39 is 20.9 Å². The molecule has 7 rings (SSSR count). The van der Waals surface area contributed by atoms with E-state index in [4.69, 9.17) is 15.2 Å². The first-order chi connectivity index (χ1) is 18.7. The number of rotatable bonds is 5. The Bertz CT molecular complexity index is 1490. The van der Waals surface area contributed by atoms with Crippen LogP contribution in [0.1, 0.15) is 36.8 Å². The summed E-state index contributed by atoms with van der Waals surface area (Å²) < 4.78 is 31.0. The van der Waals surface area contributed by atoms with Gasteiger partial charge in [0.2, 0.25) is 0 Å². The molecule has 5 atom stereocenters. The quantitative estimate of drug-likeness (QED) is 0.387. The Balaban J connectivity index is 1.10. The third-order valence-electron chi connectivity index (χ3n) is 6.94. The zero-order chi connectivity index (χ0) is 25.6. The Morgan fingerprint density at radius 2 is 2.03 bits per heavy atom. The van der Waals surface area contributed by atoms with Gasteiger partial charge in [-0.3, -0.25) is 9.36 Å². The Morgan fingerprint density at radius 1 is 1.16 bits per heavy atom. The van der Waals surface area contributed by atoms with E-state index in [9.17, 15) is 4.79 Å². The van der Waals surface area contributed by atoms with E-state index in [0.29, 0.717) is 35.6 Å². The van der Waals surface area contributed by atoms with Crippen LogP contribution in [0.3, 0.4) is 0 Å². The molecule has 0 aliphatic carbocycles. The first kappa shape index (κ1) is 21.6. The molecule has 0 saturated carbocycles. The fourth-order valence-electron chi connectivity index (χ4n) is 5.11. The second kappa shape index (κ2) is 9.15. The van der Waals surface area contributed by atoms with E-state index in [0.717, 1.165) is 6.42 Å². The van der Waals surface area contributed by atoms with E-state index >= 15 is 0 Å². The van der Waals surface area contributed by atoms with Crippen molar-refractivity contribution in [2.24, 2.45) is 0 Å². The Morgan fingerprint density at radius 3 is 2.92 bits per heavy atom. The highest BCUT2D eigenvalue weighted by Crippen LogP contribution is 2.58. The van der Waals surface area contributed by atoms with Crippen molar-refractivity contribution in [2.75, 3.05) is 16.6 Å². The SMILES string of the molecule is [2H]CC1OC(n2cnc3c(NC(=O)c4ccccc4)ncnc32)CC1O[P@@]1OC[C@@H]2Cc3ccccc3N21. The Labute approximate surface area is 216 Å². The maximum atomic E-state index is 12.7. The maximum absolute atomic E-state index is 12.7. The minimum absolute atomic E-state index is 0.0599. The fourth-order valence-corrected chi connectivity index (χ4v) is 6.94. The van der Waals surface area contributed by atoms with Gasteiger partial charge in [-0.05, 0) is 37.1 Å². The van der Waals surface area contributed by atoms with E-state index in [2.05, 4.69) is 43.1 Å². The predicted molar refractivity (Wildman–Crippen MR) is 138 cm³/mol. The van der Waals surface area contributed by atoms with Gasteiger partial charge >= 0.3 is 0 Å². The van der Waals surface area contributed by atoms with Crippen LogP contribution < -0.4 is 9.99 Å². The van der Waals surface area contributed by atoms with Crippen molar-refractivity contribution in [1.82, 2.24) is 19.5 Å². The largest absolute Gasteiger partial charge is 0.352 e. The van der Waals surface area contributed by atoms with Crippen LogP contribution in [0.5, 0.6) is 0 Å². The summed E-state index contributed by atoms with van der Waals surface area (Å²) in [6.45, 7) is 0.688. The molecule has 0 spiro atoms. The molecule has 3 aliphatic heterocycles. The molecular formula is C26H25N6O4P. The van der Waals surface area contributed by atoms with Crippen molar-refractivity contribution in [3.8, 4) is 0 Å². The van der Waals surface area contributed by atoms with Gasteiger partial charge in [-0.2, -0.15) is 0 Å².